The minimum Gasteiger partial charge on any atom is -0.496 e. The molecular formula is C18H20N2O3. The molecule has 0 aliphatic rings. The van der Waals surface area contributed by atoms with Crippen molar-refractivity contribution in [3.05, 3.63) is 59.7 Å². The second kappa shape index (κ2) is 7.45. The highest BCUT2D eigenvalue weighted by Gasteiger charge is 2.15. The number of ether oxygens (including phenoxy) is 1. The van der Waals surface area contributed by atoms with E-state index in [0.717, 1.165) is 11.3 Å². The highest BCUT2D eigenvalue weighted by atomic mass is 16.5. The number of carbonyl (C=O) groups excluding carboxylic acids is 2. The van der Waals surface area contributed by atoms with Gasteiger partial charge in [0.2, 0.25) is 5.91 Å². The van der Waals surface area contributed by atoms with Crippen LogP contribution in [-0.4, -0.2) is 18.9 Å². The van der Waals surface area contributed by atoms with Crippen LogP contribution in [0.2, 0.25) is 0 Å². The van der Waals surface area contributed by atoms with Gasteiger partial charge in [-0.3, -0.25) is 9.59 Å². The van der Waals surface area contributed by atoms with Crippen LogP contribution < -0.4 is 15.4 Å². The number of para-hydroxylation sites is 1. The molecule has 5 nitrogen and oxygen atoms in total. The Morgan fingerprint density at radius 1 is 1.09 bits per heavy atom. The standard InChI is InChI=1S/C18H20N2O3/c1-12(16-9-4-5-10-17(16)23-3)19-18(22)14-7-6-8-15(11-14)20-13(2)21/h4-12H,1-3H3,(H,19,22)(H,20,21). The van der Waals surface area contributed by atoms with Gasteiger partial charge in [0.15, 0.2) is 0 Å². The summed E-state index contributed by atoms with van der Waals surface area (Å²) in [5.74, 6) is 0.341. The van der Waals surface area contributed by atoms with Crippen molar-refractivity contribution in [1.29, 1.82) is 0 Å². The van der Waals surface area contributed by atoms with E-state index in [1.165, 1.54) is 6.92 Å². The molecule has 1 unspecified atom stereocenters. The van der Waals surface area contributed by atoms with Crippen LogP contribution in [0.15, 0.2) is 48.5 Å². The van der Waals surface area contributed by atoms with E-state index in [2.05, 4.69) is 10.6 Å². The maximum absolute atomic E-state index is 12.4. The van der Waals surface area contributed by atoms with Crippen molar-refractivity contribution < 1.29 is 14.3 Å². The number of methoxy groups -OCH3 is 1. The van der Waals surface area contributed by atoms with Crippen LogP contribution in [0.4, 0.5) is 5.69 Å². The molecule has 2 aromatic rings. The minimum atomic E-state index is -0.212. The maximum atomic E-state index is 12.4. The van der Waals surface area contributed by atoms with Gasteiger partial charge in [-0.15, -0.1) is 0 Å². The van der Waals surface area contributed by atoms with E-state index in [4.69, 9.17) is 4.74 Å². The lowest BCUT2D eigenvalue weighted by Gasteiger charge is -2.17. The van der Waals surface area contributed by atoms with Crippen LogP contribution in [-0.2, 0) is 4.79 Å². The quantitative estimate of drug-likeness (QED) is 0.891. The number of rotatable bonds is 5. The Hall–Kier alpha value is -2.82. The predicted molar refractivity (Wildman–Crippen MR) is 89.6 cm³/mol. The molecule has 0 aliphatic carbocycles. The first kappa shape index (κ1) is 16.5. The number of anilines is 1. The molecule has 23 heavy (non-hydrogen) atoms. The lowest BCUT2D eigenvalue weighted by molar-refractivity contribution is -0.114. The van der Waals surface area contributed by atoms with Crippen molar-refractivity contribution in [3.8, 4) is 5.75 Å². The lowest BCUT2D eigenvalue weighted by Crippen LogP contribution is -2.27. The number of carbonyl (C=O) groups is 2. The van der Waals surface area contributed by atoms with Crippen LogP contribution >= 0.6 is 0 Å². The van der Waals surface area contributed by atoms with Crippen LogP contribution in [0.3, 0.4) is 0 Å². The van der Waals surface area contributed by atoms with Gasteiger partial charge in [0, 0.05) is 23.7 Å². The van der Waals surface area contributed by atoms with Crippen molar-refractivity contribution in [2.45, 2.75) is 19.9 Å². The van der Waals surface area contributed by atoms with E-state index in [1.54, 1.807) is 31.4 Å². The van der Waals surface area contributed by atoms with Gasteiger partial charge >= 0.3 is 0 Å². The molecule has 0 bridgehead atoms. The average Bonchev–Trinajstić information content (AvgIpc) is 2.54. The van der Waals surface area contributed by atoms with Gasteiger partial charge in [0.25, 0.3) is 5.91 Å². The van der Waals surface area contributed by atoms with Gasteiger partial charge in [0.05, 0.1) is 13.2 Å². The largest absolute Gasteiger partial charge is 0.496 e. The van der Waals surface area contributed by atoms with Gasteiger partial charge in [-0.05, 0) is 31.2 Å². The van der Waals surface area contributed by atoms with Gasteiger partial charge < -0.3 is 15.4 Å². The molecule has 0 aliphatic heterocycles. The smallest absolute Gasteiger partial charge is 0.251 e. The van der Waals surface area contributed by atoms with Crippen molar-refractivity contribution in [3.63, 3.8) is 0 Å². The molecule has 0 fully saturated rings. The molecule has 0 saturated carbocycles. The van der Waals surface area contributed by atoms with Crippen LogP contribution in [0, 0.1) is 0 Å². The fourth-order valence-electron chi connectivity index (χ4n) is 2.32. The molecule has 0 radical (unpaired) electrons. The molecule has 0 saturated heterocycles. The van der Waals surface area contributed by atoms with Crippen LogP contribution in [0.5, 0.6) is 5.75 Å². The van der Waals surface area contributed by atoms with E-state index in [-0.39, 0.29) is 17.9 Å². The SMILES string of the molecule is COc1ccccc1C(C)NC(=O)c1cccc(NC(C)=O)c1. The molecule has 0 heterocycles. The molecule has 2 N–H and O–H groups in total. The van der Waals surface area contributed by atoms with Crippen LogP contribution in [0.1, 0.15) is 35.8 Å². The molecule has 1 atom stereocenters. The first-order chi connectivity index (χ1) is 11.0. The van der Waals surface area contributed by atoms with Gasteiger partial charge in [-0.1, -0.05) is 24.3 Å². The fraction of sp³-hybridized carbons (Fsp3) is 0.222. The van der Waals surface area contributed by atoms with Gasteiger partial charge in [0.1, 0.15) is 5.75 Å². The summed E-state index contributed by atoms with van der Waals surface area (Å²) in [6.45, 7) is 3.32. The second-order valence-corrected chi connectivity index (χ2v) is 5.20. The molecule has 120 valence electrons. The Labute approximate surface area is 135 Å². The molecule has 0 spiro atoms. The predicted octanol–water partition coefficient (Wildman–Crippen LogP) is 3.14. The van der Waals surface area contributed by atoms with E-state index >= 15 is 0 Å². The summed E-state index contributed by atoms with van der Waals surface area (Å²) in [7, 11) is 1.60. The Bertz CT molecular complexity index is 713. The molecule has 2 aromatic carbocycles. The summed E-state index contributed by atoms with van der Waals surface area (Å²) in [4.78, 5) is 23.5. The Kier molecular flexibility index (Phi) is 5.36. The fourth-order valence-corrected chi connectivity index (χ4v) is 2.32. The van der Waals surface area contributed by atoms with E-state index in [0.29, 0.717) is 11.3 Å². The Morgan fingerprint density at radius 3 is 2.52 bits per heavy atom. The molecule has 0 aromatic heterocycles. The summed E-state index contributed by atoms with van der Waals surface area (Å²) < 4.78 is 5.32. The van der Waals surface area contributed by atoms with Crippen molar-refractivity contribution in [2.24, 2.45) is 0 Å². The number of hydrogen-bond donors (Lipinski definition) is 2. The average molecular weight is 312 g/mol. The summed E-state index contributed by atoms with van der Waals surface area (Å²) in [6, 6.07) is 14.2. The normalized spacial score (nSPS) is 11.4. The zero-order valence-corrected chi connectivity index (χ0v) is 13.4. The molecule has 2 amide bonds. The number of nitrogens with one attached hydrogen (secondary N) is 2. The second-order valence-electron chi connectivity index (χ2n) is 5.20. The molecular weight excluding hydrogens is 292 g/mol. The number of amides is 2. The molecule has 2 rings (SSSR count). The third kappa shape index (κ3) is 4.32. The highest BCUT2D eigenvalue weighted by molar-refractivity contribution is 5.97. The van der Waals surface area contributed by atoms with Crippen LogP contribution in [0.25, 0.3) is 0 Å². The summed E-state index contributed by atoms with van der Waals surface area (Å²) in [5, 5.41) is 5.60. The first-order valence-corrected chi connectivity index (χ1v) is 7.32. The maximum Gasteiger partial charge on any atom is 0.251 e. The van der Waals surface area contributed by atoms with E-state index in [1.807, 2.05) is 31.2 Å². The monoisotopic (exact) mass is 312 g/mol. The van der Waals surface area contributed by atoms with Gasteiger partial charge in [-0.25, -0.2) is 0 Å². The van der Waals surface area contributed by atoms with E-state index in [9.17, 15) is 9.59 Å². The minimum absolute atomic E-state index is 0.176. The number of hydrogen-bond acceptors (Lipinski definition) is 3. The Morgan fingerprint density at radius 2 is 1.83 bits per heavy atom. The third-order valence-electron chi connectivity index (χ3n) is 3.40. The van der Waals surface area contributed by atoms with Gasteiger partial charge in [-0.2, -0.15) is 0 Å². The lowest BCUT2D eigenvalue weighted by atomic mass is 10.1. The van der Waals surface area contributed by atoms with Crippen molar-refractivity contribution in [1.82, 2.24) is 5.32 Å². The topological polar surface area (TPSA) is 67.4 Å². The zero-order valence-electron chi connectivity index (χ0n) is 13.4. The third-order valence-corrected chi connectivity index (χ3v) is 3.40. The molecule has 5 heteroatoms. The van der Waals surface area contributed by atoms with Crippen molar-refractivity contribution in [2.75, 3.05) is 12.4 Å². The highest BCUT2D eigenvalue weighted by Crippen LogP contribution is 2.24. The Balaban J connectivity index is 2.13. The van der Waals surface area contributed by atoms with E-state index < -0.39 is 0 Å². The summed E-state index contributed by atoms with van der Waals surface area (Å²) >= 11 is 0. The number of benzene rings is 2. The summed E-state index contributed by atoms with van der Waals surface area (Å²) in [6.07, 6.45) is 0. The summed E-state index contributed by atoms with van der Waals surface area (Å²) in [5.41, 5.74) is 1.98. The first-order valence-electron chi connectivity index (χ1n) is 7.32. The zero-order chi connectivity index (χ0) is 16.8. The van der Waals surface area contributed by atoms with Crippen molar-refractivity contribution >= 4 is 17.5 Å².